The minimum atomic E-state index is 0.248. The van der Waals surface area contributed by atoms with Gasteiger partial charge < -0.3 is 9.84 Å². The molecule has 0 aliphatic carbocycles. The van der Waals surface area contributed by atoms with Crippen LogP contribution in [0.5, 0.6) is 11.5 Å². The fourth-order valence-corrected chi connectivity index (χ4v) is 6.73. The zero-order valence-electron chi connectivity index (χ0n) is 20.8. The number of ether oxygens (including phenoxy) is 1. The number of fused-ring (bicyclic) bond motifs is 1. The monoisotopic (exact) mass is 576 g/mol. The number of methoxy groups -OCH3 is 1. The average Bonchev–Trinajstić information content (AvgIpc) is 3.31. The molecule has 6 rings (SSSR count). The van der Waals surface area contributed by atoms with Gasteiger partial charge in [-0.3, -0.25) is 0 Å². The summed E-state index contributed by atoms with van der Waals surface area (Å²) >= 11 is 5.44. The second kappa shape index (κ2) is 10.5. The van der Waals surface area contributed by atoms with Gasteiger partial charge in [0.25, 0.3) is 0 Å². The number of halogens is 1. The summed E-state index contributed by atoms with van der Waals surface area (Å²) in [4.78, 5) is 1.38. The predicted molar refractivity (Wildman–Crippen MR) is 163 cm³/mol. The van der Waals surface area contributed by atoms with Crippen LogP contribution in [0, 0.1) is 0 Å². The van der Waals surface area contributed by atoms with Crippen molar-refractivity contribution in [2.24, 2.45) is 0 Å². The van der Waals surface area contributed by atoms with E-state index in [-0.39, 0.29) is 5.75 Å². The van der Waals surface area contributed by atoms with E-state index in [1.807, 2.05) is 41.7 Å². The minimum absolute atomic E-state index is 0.248. The smallest absolute Gasteiger partial charge is 0.133 e. The van der Waals surface area contributed by atoms with Crippen LogP contribution in [0.1, 0.15) is 10.4 Å². The molecule has 6 aromatic rings. The van der Waals surface area contributed by atoms with Gasteiger partial charge in [-0.25, -0.2) is 0 Å². The molecule has 0 unspecified atom stereocenters. The van der Waals surface area contributed by atoms with Gasteiger partial charge in [-0.05, 0) is 74.1 Å². The molecule has 2 nitrogen and oxygen atoms in total. The normalized spacial score (nSPS) is 11.1. The van der Waals surface area contributed by atoms with Crippen molar-refractivity contribution in [3.8, 4) is 44.9 Å². The van der Waals surface area contributed by atoms with Gasteiger partial charge in [0.2, 0.25) is 0 Å². The number of hydrogen-bond donors (Lipinski definition) is 1. The zero-order chi connectivity index (χ0) is 26.1. The number of benzene rings is 5. The van der Waals surface area contributed by atoms with Crippen molar-refractivity contribution in [2.45, 2.75) is 6.42 Å². The Hall–Kier alpha value is -3.86. The van der Waals surface area contributed by atoms with E-state index >= 15 is 0 Å². The average molecular weight is 578 g/mol. The summed E-state index contributed by atoms with van der Waals surface area (Å²) in [5.74, 6) is 1.00. The molecule has 4 heteroatoms. The summed E-state index contributed by atoms with van der Waals surface area (Å²) in [6.45, 7) is 0. The second-order valence-corrected chi connectivity index (χ2v) is 11.2. The molecule has 0 aliphatic heterocycles. The maximum atomic E-state index is 10.6. The Balaban J connectivity index is 1.37. The van der Waals surface area contributed by atoms with E-state index in [0.717, 1.165) is 38.9 Å². The number of hydrogen-bond acceptors (Lipinski definition) is 3. The van der Waals surface area contributed by atoms with Gasteiger partial charge in [0.05, 0.1) is 11.6 Å². The van der Waals surface area contributed by atoms with E-state index in [9.17, 15) is 5.11 Å². The van der Waals surface area contributed by atoms with Crippen molar-refractivity contribution in [1.29, 1.82) is 0 Å². The van der Waals surface area contributed by atoms with Crippen molar-refractivity contribution in [1.82, 2.24) is 0 Å². The highest BCUT2D eigenvalue weighted by Gasteiger charge is 2.15. The van der Waals surface area contributed by atoms with Crippen molar-refractivity contribution >= 4 is 37.4 Å². The van der Waals surface area contributed by atoms with Gasteiger partial charge in [0.1, 0.15) is 11.5 Å². The van der Waals surface area contributed by atoms with Crippen molar-refractivity contribution in [2.75, 3.05) is 7.11 Å². The Morgan fingerprint density at radius 1 is 0.711 bits per heavy atom. The molecule has 0 bridgehead atoms. The van der Waals surface area contributed by atoms with Crippen LogP contribution < -0.4 is 4.74 Å². The van der Waals surface area contributed by atoms with Crippen molar-refractivity contribution in [3.05, 3.63) is 130 Å². The molecule has 38 heavy (non-hydrogen) atoms. The Morgan fingerprint density at radius 2 is 1.39 bits per heavy atom. The first kappa shape index (κ1) is 24.5. The Morgan fingerprint density at radius 3 is 2.16 bits per heavy atom. The van der Waals surface area contributed by atoms with E-state index in [2.05, 4.69) is 94.8 Å². The molecule has 0 aliphatic rings. The van der Waals surface area contributed by atoms with E-state index in [0.29, 0.717) is 0 Å². The third kappa shape index (κ3) is 4.73. The molecule has 1 N–H and O–H groups in total. The van der Waals surface area contributed by atoms with Gasteiger partial charge in [-0.15, -0.1) is 11.3 Å². The lowest BCUT2D eigenvalue weighted by atomic mass is 9.95. The third-order valence-corrected chi connectivity index (χ3v) is 8.63. The molecule has 186 valence electrons. The fraction of sp³-hybridized carbons (Fsp3) is 0.0588. The highest BCUT2D eigenvalue weighted by Crippen LogP contribution is 2.41. The van der Waals surface area contributed by atoms with Crippen LogP contribution in [-0.4, -0.2) is 12.2 Å². The number of thiophene rings is 1. The number of rotatable bonds is 6. The summed E-state index contributed by atoms with van der Waals surface area (Å²) in [6.07, 6.45) is 0.913. The van der Waals surface area contributed by atoms with Crippen molar-refractivity contribution in [3.63, 3.8) is 0 Å². The minimum Gasteiger partial charge on any atom is -0.507 e. The zero-order valence-corrected chi connectivity index (χ0v) is 23.2. The molecule has 1 heterocycles. The lowest BCUT2D eigenvalue weighted by molar-refractivity contribution is 0.412. The Kier molecular flexibility index (Phi) is 6.75. The number of phenolic OH excluding ortho intramolecular Hbond substituents is 1. The largest absolute Gasteiger partial charge is 0.507 e. The van der Waals surface area contributed by atoms with Gasteiger partial charge in [0.15, 0.2) is 0 Å². The van der Waals surface area contributed by atoms with E-state index in [4.69, 9.17) is 4.74 Å². The standard InChI is InChI=1S/C34H25BrO2S/c1-37-31-18-16-26(21-29(31)35)28-20-25(15-17-30(28)36)23-11-13-24(14-12-23)34-27-9-5-6-10-32(27)38-33(34)19-22-7-3-2-4-8-22/h2-18,20-21,36H,19H2,1H3. The Bertz CT molecular complexity index is 1740. The maximum absolute atomic E-state index is 10.6. The van der Waals surface area contributed by atoms with Crippen LogP contribution in [-0.2, 0) is 6.42 Å². The van der Waals surface area contributed by atoms with Gasteiger partial charge >= 0.3 is 0 Å². The number of phenols is 1. The van der Waals surface area contributed by atoms with Crippen molar-refractivity contribution < 1.29 is 9.84 Å². The van der Waals surface area contributed by atoms with Crippen LogP contribution >= 0.6 is 27.3 Å². The van der Waals surface area contributed by atoms with Crippen LogP contribution in [0.25, 0.3) is 43.5 Å². The van der Waals surface area contributed by atoms with Crippen LogP contribution in [0.15, 0.2) is 120 Å². The maximum Gasteiger partial charge on any atom is 0.133 e. The molecule has 0 saturated carbocycles. The topological polar surface area (TPSA) is 29.5 Å². The van der Waals surface area contributed by atoms with E-state index < -0.39 is 0 Å². The highest BCUT2D eigenvalue weighted by molar-refractivity contribution is 9.10. The Labute approximate surface area is 234 Å². The summed E-state index contributed by atoms with van der Waals surface area (Å²) in [6, 6.07) is 39.7. The lowest BCUT2D eigenvalue weighted by Crippen LogP contribution is -1.89. The molecule has 5 aromatic carbocycles. The second-order valence-electron chi connectivity index (χ2n) is 9.22. The van der Waals surface area contributed by atoms with Gasteiger partial charge in [-0.2, -0.15) is 0 Å². The van der Waals surface area contributed by atoms with E-state index in [1.165, 1.54) is 31.7 Å². The molecule has 1 aromatic heterocycles. The van der Waals surface area contributed by atoms with Crippen LogP contribution in [0.2, 0.25) is 0 Å². The lowest BCUT2D eigenvalue weighted by Gasteiger charge is -2.11. The van der Waals surface area contributed by atoms with Gasteiger partial charge in [-0.1, -0.05) is 84.9 Å². The summed E-state index contributed by atoms with van der Waals surface area (Å²) in [5.41, 5.74) is 7.71. The van der Waals surface area contributed by atoms with E-state index in [1.54, 1.807) is 13.2 Å². The molecule has 0 amide bonds. The predicted octanol–water partition coefficient (Wildman–Crippen LogP) is 9.97. The quantitative estimate of drug-likeness (QED) is 0.214. The highest BCUT2D eigenvalue weighted by atomic mass is 79.9. The summed E-state index contributed by atoms with van der Waals surface area (Å²) in [7, 11) is 1.64. The first-order valence-electron chi connectivity index (χ1n) is 12.4. The molecule has 0 saturated heterocycles. The first-order chi connectivity index (χ1) is 18.6. The number of aromatic hydroxyl groups is 1. The van der Waals surface area contributed by atoms with Crippen LogP contribution in [0.4, 0.5) is 0 Å². The fourth-order valence-electron chi connectivity index (χ4n) is 4.93. The molecule has 0 radical (unpaired) electrons. The van der Waals surface area contributed by atoms with Gasteiger partial charge in [0, 0.05) is 32.5 Å². The SMILES string of the molecule is COc1ccc(-c2cc(-c3ccc(-c4c(Cc5ccccc5)sc5ccccc45)cc3)ccc2O)cc1Br. The molecule has 0 spiro atoms. The summed E-state index contributed by atoms with van der Waals surface area (Å²) in [5, 5.41) is 11.9. The molecular weight excluding hydrogens is 552 g/mol. The first-order valence-corrected chi connectivity index (χ1v) is 14.0. The molecular formula is C34H25BrO2S. The molecule has 0 fully saturated rings. The van der Waals surface area contributed by atoms with Crippen LogP contribution in [0.3, 0.4) is 0 Å². The third-order valence-electron chi connectivity index (χ3n) is 6.84. The summed E-state index contributed by atoms with van der Waals surface area (Å²) < 4.78 is 7.52. The molecule has 0 atom stereocenters.